The average Bonchev–Trinajstić information content (AvgIpc) is 2.31. The highest BCUT2D eigenvalue weighted by Gasteiger charge is 2.51. The number of rotatable bonds is 1. The molecule has 4 bridgehead atoms. The smallest absolute Gasteiger partial charge is 0.138 e. The molecule has 4 fully saturated rings. The number of benzene rings is 1. The molecule has 0 spiro atoms. The van der Waals surface area contributed by atoms with E-state index in [1.54, 1.807) is 6.07 Å². The van der Waals surface area contributed by atoms with Gasteiger partial charge in [0.05, 0.1) is 5.69 Å². The summed E-state index contributed by atoms with van der Waals surface area (Å²) in [5.74, 6) is 3.08. The molecular formula is C16H21NO. The molecule has 1 aromatic carbocycles. The van der Waals surface area contributed by atoms with Crippen molar-refractivity contribution in [2.75, 3.05) is 5.73 Å². The zero-order valence-electron chi connectivity index (χ0n) is 10.7. The third-order valence-corrected chi connectivity index (χ3v) is 5.68. The fourth-order valence-electron chi connectivity index (χ4n) is 5.35. The monoisotopic (exact) mass is 243 g/mol. The molecule has 18 heavy (non-hydrogen) atoms. The lowest BCUT2D eigenvalue weighted by molar-refractivity contribution is -0.00517. The number of hydrogen-bond donors (Lipinski definition) is 2. The van der Waals surface area contributed by atoms with Crippen molar-refractivity contribution in [1.29, 1.82) is 0 Å². The molecule has 0 aliphatic heterocycles. The Morgan fingerprint density at radius 1 is 1.00 bits per heavy atom. The van der Waals surface area contributed by atoms with Gasteiger partial charge in [-0.15, -0.1) is 0 Å². The first kappa shape index (κ1) is 10.7. The third kappa shape index (κ3) is 1.41. The first-order valence-electron chi connectivity index (χ1n) is 7.24. The second-order valence-corrected chi connectivity index (χ2v) is 6.97. The lowest BCUT2D eigenvalue weighted by Gasteiger charge is -2.57. The zero-order valence-corrected chi connectivity index (χ0v) is 10.7. The number of hydrogen-bond acceptors (Lipinski definition) is 2. The van der Waals surface area contributed by atoms with Crippen molar-refractivity contribution in [2.45, 2.75) is 43.9 Å². The number of anilines is 1. The highest BCUT2D eigenvalue weighted by molar-refractivity contribution is 5.55. The van der Waals surface area contributed by atoms with Gasteiger partial charge in [0.25, 0.3) is 0 Å². The van der Waals surface area contributed by atoms with Crippen molar-refractivity contribution in [2.24, 2.45) is 17.8 Å². The Kier molecular flexibility index (Phi) is 2.04. The quantitative estimate of drug-likeness (QED) is 0.586. The molecule has 5 rings (SSSR count). The Morgan fingerprint density at radius 3 is 2.06 bits per heavy atom. The maximum atomic E-state index is 9.60. The average molecular weight is 243 g/mol. The van der Waals surface area contributed by atoms with Crippen molar-refractivity contribution in [3.8, 4) is 5.75 Å². The molecule has 4 aliphatic rings. The number of nitrogens with two attached hydrogens (primary N) is 1. The summed E-state index contributed by atoms with van der Waals surface area (Å²) in [5.41, 5.74) is 8.21. The van der Waals surface area contributed by atoms with Crippen LogP contribution in [0.25, 0.3) is 0 Å². The fourth-order valence-corrected chi connectivity index (χ4v) is 5.35. The van der Waals surface area contributed by atoms with Gasteiger partial charge in [-0.05, 0) is 79.4 Å². The van der Waals surface area contributed by atoms with E-state index in [1.807, 2.05) is 6.07 Å². The predicted octanol–water partition coefficient (Wildman–Crippen LogP) is 3.44. The van der Waals surface area contributed by atoms with Crippen LogP contribution in [0.1, 0.15) is 44.1 Å². The number of phenolic OH excluding ortho intramolecular Hbond substituents is 1. The highest BCUT2D eigenvalue weighted by Crippen LogP contribution is 2.60. The molecule has 0 aromatic heterocycles. The second kappa shape index (κ2) is 3.43. The van der Waals surface area contributed by atoms with E-state index in [1.165, 1.54) is 44.1 Å². The summed E-state index contributed by atoms with van der Waals surface area (Å²) in [6.45, 7) is 0. The molecule has 0 unspecified atom stereocenters. The topological polar surface area (TPSA) is 46.2 Å². The summed E-state index contributed by atoms with van der Waals surface area (Å²) in [5, 5.41) is 9.60. The Labute approximate surface area is 108 Å². The standard InChI is InChI=1S/C16H21NO/c17-14-6-13(1-2-15(14)18)16-7-10-3-11(8-16)5-12(4-10)9-16/h1-2,6,10-12,18H,3-5,7-9,17H2. The first-order valence-corrected chi connectivity index (χ1v) is 7.24. The summed E-state index contributed by atoms with van der Waals surface area (Å²) in [4.78, 5) is 0. The van der Waals surface area contributed by atoms with E-state index in [9.17, 15) is 5.11 Å². The summed E-state index contributed by atoms with van der Waals surface area (Å²) in [6.07, 6.45) is 8.45. The van der Waals surface area contributed by atoms with E-state index in [0.717, 1.165) is 17.8 Å². The maximum Gasteiger partial charge on any atom is 0.138 e. The lowest BCUT2D eigenvalue weighted by Crippen LogP contribution is -2.48. The molecule has 2 heteroatoms. The van der Waals surface area contributed by atoms with Crippen LogP contribution in [0.4, 0.5) is 5.69 Å². The summed E-state index contributed by atoms with van der Waals surface area (Å²) < 4.78 is 0. The zero-order chi connectivity index (χ0) is 12.3. The normalized spacial score (nSPS) is 41.2. The molecule has 0 heterocycles. The van der Waals surface area contributed by atoms with E-state index in [0.29, 0.717) is 11.1 Å². The van der Waals surface area contributed by atoms with Gasteiger partial charge in [-0.1, -0.05) is 6.07 Å². The van der Waals surface area contributed by atoms with Crippen LogP contribution in [-0.4, -0.2) is 5.11 Å². The van der Waals surface area contributed by atoms with Gasteiger partial charge >= 0.3 is 0 Å². The van der Waals surface area contributed by atoms with Crippen LogP contribution in [0.15, 0.2) is 18.2 Å². The molecule has 3 N–H and O–H groups in total. The second-order valence-electron chi connectivity index (χ2n) is 6.97. The van der Waals surface area contributed by atoms with Crippen LogP contribution in [0, 0.1) is 17.8 Å². The predicted molar refractivity (Wildman–Crippen MR) is 72.4 cm³/mol. The molecule has 0 atom stereocenters. The molecule has 4 saturated carbocycles. The van der Waals surface area contributed by atoms with Crippen molar-refractivity contribution in [3.05, 3.63) is 23.8 Å². The Morgan fingerprint density at radius 2 is 1.56 bits per heavy atom. The molecular weight excluding hydrogens is 222 g/mol. The van der Waals surface area contributed by atoms with Crippen molar-refractivity contribution in [1.82, 2.24) is 0 Å². The van der Waals surface area contributed by atoms with E-state index in [4.69, 9.17) is 5.73 Å². The van der Waals surface area contributed by atoms with Gasteiger partial charge in [0.15, 0.2) is 0 Å². The lowest BCUT2D eigenvalue weighted by atomic mass is 9.48. The molecule has 0 radical (unpaired) electrons. The van der Waals surface area contributed by atoms with E-state index < -0.39 is 0 Å². The molecule has 2 nitrogen and oxygen atoms in total. The van der Waals surface area contributed by atoms with Crippen LogP contribution >= 0.6 is 0 Å². The Balaban J connectivity index is 1.76. The van der Waals surface area contributed by atoms with Crippen LogP contribution in [0.3, 0.4) is 0 Å². The van der Waals surface area contributed by atoms with Crippen molar-refractivity contribution in [3.63, 3.8) is 0 Å². The molecule has 4 aliphatic carbocycles. The van der Waals surface area contributed by atoms with Gasteiger partial charge in [-0.25, -0.2) is 0 Å². The minimum absolute atomic E-state index is 0.225. The minimum atomic E-state index is 0.225. The summed E-state index contributed by atoms with van der Waals surface area (Å²) in [6, 6.07) is 5.92. The minimum Gasteiger partial charge on any atom is -0.506 e. The van der Waals surface area contributed by atoms with Crippen LogP contribution < -0.4 is 5.73 Å². The van der Waals surface area contributed by atoms with Crippen molar-refractivity contribution < 1.29 is 5.11 Å². The van der Waals surface area contributed by atoms with E-state index in [-0.39, 0.29) is 5.75 Å². The number of nitrogen functional groups attached to an aromatic ring is 1. The molecule has 1 aromatic rings. The fraction of sp³-hybridized carbons (Fsp3) is 0.625. The van der Waals surface area contributed by atoms with Gasteiger partial charge in [0.1, 0.15) is 5.75 Å². The molecule has 0 amide bonds. The Hall–Kier alpha value is -1.18. The van der Waals surface area contributed by atoms with Gasteiger partial charge < -0.3 is 10.8 Å². The van der Waals surface area contributed by atoms with Crippen LogP contribution in [0.5, 0.6) is 5.75 Å². The van der Waals surface area contributed by atoms with Gasteiger partial charge in [0.2, 0.25) is 0 Å². The maximum absolute atomic E-state index is 9.60. The number of phenols is 1. The van der Waals surface area contributed by atoms with E-state index in [2.05, 4.69) is 6.07 Å². The van der Waals surface area contributed by atoms with E-state index >= 15 is 0 Å². The van der Waals surface area contributed by atoms with Gasteiger partial charge in [0, 0.05) is 0 Å². The number of aromatic hydroxyl groups is 1. The summed E-state index contributed by atoms with van der Waals surface area (Å²) >= 11 is 0. The first-order chi connectivity index (χ1) is 8.64. The van der Waals surface area contributed by atoms with Crippen LogP contribution in [-0.2, 0) is 5.41 Å². The summed E-state index contributed by atoms with van der Waals surface area (Å²) in [7, 11) is 0. The Bertz CT molecular complexity index is 459. The molecule has 0 saturated heterocycles. The highest BCUT2D eigenvalue weighted by atomic mass is 16.3. The van der Waals surface area contributed by atoms with Gasteiger partial charge in [-0.3, -0.25) is 0 Å². The largest absolute Gasteiger partial charge is 0.506 e. The van der Waals surface area contributed by atoms with Crippen molar-refractivity contribution >= 4 is 5.69 Å². The van der Waals surface area contributed by atoms with Crippen LogP contribution in [0.2, 0.25) is 0 Å². The third-order valence-electron chi connectivity index (χ3n) is 5.68. The van der Waals surface area contributed by atoms with Gasteiger partial charge in [-0.2, -0.15) is 0 Å². The molecule has 96 valence electrons. The SMILES string of the molecule is Nc1cc(C23CC4CC(CC(C4)C2)C3)ccc1O.